The van der Waals surface area contributed by atoms with Gasteiger partial charge in [0.25, 0.3) is 5.69 Å². The number of allylic oxidation sites excluding steroid dienone is 2. The Morgan fingerprint density at radius 3 is 2.62 bits per heavy atom. The van der Waals surface area contributed by atoms with E-state index in [4.69, 9.17) is 9.15 Å². The van der Waals surface area contributed by atoms with E-state index < -0.39 is 22.7 Å². The Hall–Kier alpha value is -3.22. The Labute approximate surface area is 149 Å². The van der Waals surface area contributed by atoms with Gasteiger partial charge in [0.05, 0.1) is 17.8 Å². The fourth-order valence-corrected chi connectivity index (χ4v) is 3.17. The molecule has 0 unspecified atom stereocenters. The first-order chi connectivity index (χ1) is 12.5. The summed E-state index contributed by atoms with van der Waals surface area (Å²) in [6.45, 7) is 1.85. The minimum absolute atomic E-state index is 0.0506. The molecule has 1 aliphatic carbocycles. The van der Waals surface area contributed by atoms with Crippen molar-refractivity contribution in [3.63, 3.8) is 0 Å². The molecule has 1 aromatic carbocycles. The maximum atomic E-state index is 12.6. The molecule has 134 valence electrons. The number of carbonyl (C=O) groups excluding carboxylic acids is 2. The molecular formula is C19H17NO6. The average molecular weight is 355 g/mol. The number of nitro benzene ring substituents is 1. The summed E-state index contributed by atoms with van der Waals surface area (Å²) < 4.78 is 10.4. The predicted octanol–water partition coefficient (Wildman–Crippen LogP) is 3.51. The van der Waals surface area contributed by atoms with Crippen molar-refractivity contribution < 1.29 is 23.7 Å². The summed E-state index contributed by atoms with van der Waals surface area (Å²) in [6, 6.07) is 9.36. The van der Waals surface area contributed by atoms with Crippen LogP contribution in [0.2, 0.25) is 0 Å². The molecular weight excluding hydrogens is 338 g/mol. The number of nitrogens with zero attached hydrogens (tertiary/aromatic N) is 1. The van der Waals surface area contributed by atoms with E-state index in [9.17, 15) is 19.7 Å². The number of ether oxygens (including phenoxy) is 1. The van der Waals surface area contributed by atoms with Crippen molar-refractivity contribution in [1.82, 2.24) is 0 Å². The van der Waals surface area contributed by atoms with Gasteiger partial charge in [0.2, 0.25) is 0 Å². The SMILES string of the molecule is CCOC(=O)[C@H]1C(=O)C=C(c2ccco2)C[C@H]1c1ccc([N+](=O)[O-])cc1. The van der Waals surface area contributed by atoms with Crippen molar-refractivity contribution in [2.45, 2.75) is 19.3 Å². The van der Waals surface area contributed by atoms with Crippen LogP contribution in [0.5, 0.6) is 0 Å². The smallest absolute Gasteiger partial charge is 0.317 e. The zero-order valence-corrected chi connectivity index (χ0v) is 14.1. The van der Waals surface area contributed by atoms with Crippen molar-refractivity contribution >= 4 is 23.0 Å². The van der Waals surface area contributed by atoms with E-state index in [2.05, 4.69) is 0 Å². The molecule has 7 heteroatoms. The van der Waals surface area contributed by atoms with E-state index in [0.717, 1.165) is 0 Å². The molecule has 26 heavy (non-hydrogen) atoms. The minimum atomic E-state index is -0.977. The third kappa shape index (κ3) is 3.42. The molecule has 7 nitrogen and oxygen atoms in total. The van der Waals surface area contributed by atoms with Crippen molar-refractivity contribution in [2.75, 3.05) is 6.61 Å². The van der Waals surface area contributed by atoms with Gasteiger partial charge >= 0.3 is 5.97 Å². The Morgan fingerprint density at radius 1 is 1.31 bits per heavy atom. The topological polar surface area (TPSA) is 99.7 Å². The van der Waals surface area contributed by atoms with Crippen molar-refractivity contribution in [3.8, 4) is 0 Å². The second kappa shape index (κ2) is 7.35. The molecule has 0 saturated heterocycles. The standard InChI is InChI=1S/C19H17NO6/c1-2-25-19(22)18-15(12-5-7-14(8-6-12)20(23)24)10-13(11-16(18)21)17-4-3-9-26-17/h3-9,11,15,18H,2,10H2,1H3/t15-,18+/m0/s1. The third-order valence-corrected chi connectivity index (χ3v) is 4.38. The van der Waals surface area contributed by atoms with Gasteiger partial charge in [-0.2, -0.15) is 0 Å². The van der Waals surface area contributed by atoms with Gasteiger partial charge in [-0.1, -0.05) is 12.1 Å². The zero-order valence-electron chi connectivity index (χ0n) is 14.1. The average Bonchev–Trinajstić information content (AvgIpc) is 3.16. The highest BCUT2D eigenvalue weighted by atomic mass is 16.6. The number of carbonyl (C=O) groups is 2. The molecule has 0 spiro atoms. The van der Waals surface area contributed by atoms with E-state index in [-0.39, 0.29) is 18.1 Å². The van der Waals surface area contributed by atoms with Gasteiger partial charge in [0.15, 0.2) is 5.78 Å². The van der Waals surface area contributed by atoms with Crippen LogP contribution in [0.25, 0.3) is 5.57 Å². The third-order valence-electron chi connectivity index (χ3n) is 4.38. The molecule has 1 aromatic heterocycles. The number of hydrogen-bond donors (Lipinski definition) is 0. The Morgan fingerprint density at radius 2 is 2.04 bits per heavy atom. The van der Waals surface area contributed by atoms with E-state index in [0.29, 0.717) is 23.3 Å². The first-order valence-electron chi connectivity index (χ1n) is 8.20. The molecule has 0 radical (unpaired) electrons. The van der Waals surface area contributed by atoms with Crippen molar-refractivity contribution in [1.29, 1.82) is 0 Å². The maximum Gasteiger partial charge on any atom is 0.317 e. The first-order valence-corrected chi connectivity index (χ1v) is 8.20. The van der Waals surface area contributed by atoms with Gasteiger partial charge < -0.3 is 9.15 Å². The lowest BCUT2D eigenvalue weighted by atomic mass is 9.74. The van der Waals surface area contributed by atoms with E-state index in [1.54, 1.807) is 31.2 Å². The monoisotopic (exact) mass is 355 g/mol. The van der Waals surface area contributed by atoms with E-state index >= 15 is 0 Å². The molecule has 2 aromatic rings. The largest absolute Gasteiger partial charge is 0.465 e. The number of ketones is 1. The summed E-state index contributed by atoms with van der Waals surface area (Å²) in [7, 11) is 0. The molecule has 3 rings (SSSR count). The minimum Gasteiger partial charge on any atom is -0.465 e. The summed E-state index contributed by atoms with van der Waals surface area (Å²) in [5.74, 6) is -1.84. The summed E-state index contributed by atoms with van der Waals surface area (Å²) in [6.07, 6.45) is 3.32. The van der Waals surface area contributed by atoms with Gasteiger partial charge in [0, 0.05) is 18.1 Å². The van der Waals surface area contributed by atoms with E-state index in [1.165, 1.54) is 24.5 Å². The lowest BCUT2D eigenvalue weighted by Crippen LogP contribution is -2.34. The van der Waals surface area contributed by atoms with Gasteiger partial charge in [-0.05, 0) is 42.7 Å². The van der Waals surface area contributed by atoms with Crippen LogP contribution in [0.3, 0.4) is 0 Å². The number of nitro groups is 1. The summed E-state index contributed by atoms with van der Waals surface area (Å²) >= 11 is 0. The first kappa shape index (κ1) is 17.6. The van der Waals surface area contributed by atoms with Crippen LogP contribution < -0.4 is 0 Å². The van der Waals surface area contributed by atoms with Gasteiger partial charge in [-0.25, -0.2) is 0 Å². The molecule has 1 aliphatic rings. The number of non-ortho nitro benzene ring substituents is 1. The zero-order chi connectivity index (χ0) is 18.7. The van der Waals surface area contributed by atoms with Crippen LogP contribution in [0.4, 0.5) is 5.69 Å². The molecule has 0 fully saturated rings. The highest BCUT2D eigenvalue weighted by molar-refractivity contribution is 6.10. The molecule has 0 amide bonds. The van der Waals surface area contributed by atoms with Gasteiger partial charge in [-0.15, -0.1) is 0 Å². The molecule has 2 atom stereocenters. The number of esters is 1. The van der Waals surface area contributed by atoms with Crippen LogP contribution in [-0.2, 0) is 14.3 Å². The summed E-state index contributed by atoms with van der Waals surface area (Å²) in [5, 5.41) is 10.9. The summed E-state index contributed by atoms with van der Waals surface area (Å²) in [5.41, 5.74) is 1.30. The Bertz CT molecular complexity index is 851. The lowest BCUT2D eigenvalue weighted by Gasteiger charge is -2.28. The fraction of sp³-hybridized carbons (Fsp3) is 0.263. The number of benzene rings is 1. The predicted molar refractivity (Wildman–Crippen MR) is 92.3 cm³/mol. The van der Waals surface area contributed by atoms with Gasteiger partial charge in [-0.3, -0.25) is 19.7 Å². The Kier molecular flexibility index (Phi) is 4.97. The van der Waals surface area contributed by atoms with Crippen molar-refractivity contribution in [3.05, 3.63) is 70.2 Å². The number of hydrogen-bond acceptors (Lipinski definition) is 6. The number of furan rings is 1. The molecule has 0 saturated carbocycles. The van der Waals surface area contributed by atoms with Crippen LogP contribution >= 0.6 is 0 Å². The number of rotatable bonds is 5. The second-order valence-electron chi connectivity index (χ2n) is 5.94. The van der Waals surface area contributed by atoms with Crippen molar-refractivity contribution in [2.24, 2.45) is 5.92 Å². The van der Waals surface area contributed by atoms with E-state index in [1.807, 2.05) is 0 Å². The fourth-order valence-electron chi connectivity index (χ4n) is 3.17. The van der Waals surface area contributed by atoms with Crippen LogP contribution in [-0.4, -0.2) is 23.3 Å². The van der Waals surface area contributed by atoms with Gasteiger partial charge in [0.1, 0.15) is 11.7 Å². The molecule has 0 N–H and O–H groups in total. The van der Waals surface area contributed by atoms with Crippen LogP contribution in [0, 0.1) is 16.0 Å². The maximum absolute atomic E-state index is 12.6. The molecule has 1 heterocycles. The highest BCUT2D eigenvalue weighted by Gasteiger charge is 2.40. The molecule has 0 bridgehead atoms. The summed E-state index contributed by atoms with van der Waals surface area (Å²) in [4.78, 5) is 35.4. The molecule has 0 aliphatic heterocycles. The quantitative estimate of drug-likeness (QED) is 0.352. The normalized spacial score (nSPS) is 19.7. The highest BCUT2D eigenvalue weighted by Crippen LogP contribution is 2.40. The lowest BCUT2D eigenvalue weighted by molar-refractivity contribution is -0.384. The Balaban J connectivity index is 1.99. The second-order valence-corrected chi connectivity index (χ2v) is 5.94. The van der Waals surface area contributed by atoms with Crippen LogP contribution in [0.15, 0.2) is 53.2 Å². The van der Waals surface area contributed by atoms with Crippen LogP contribution in [0.1, 0.15) is 30.6 Å².